The summed E-state index contributed by atoms with van der Waals surface area (Å²) in [4.78, 5) is 13.7. The summed E-state index contributed by atoms with van der Waals surface area (Å²) in [7, 11) is 0. The molecule has 2 atom stereocenters. The number of aliphatic carboxylic acids is 1. The Kier molecular flexibility index (Phi) is 5.45. The molecule has 1 aliphatic rings. The number of halogens is 1. The van der Waals surface area contributed by atoms with Gasteiger partial charge in [-0.3, -0.25) is 9.69 Å². The lowest BCUT2D eigenvalue weighted by molar-refractivity contribution is -0.144. The van der Waals surface area contributed by atoms with Gasteiger partial charge in [-0.15, -0.1) is 0 Å². The van der Waals surface area contributed by atoms with Crippen molar-refractivity contribution < 1.29 is 14.3 Å². The van der Waals surface area contributed by atoms with Crippen molar-refractivity contribution in [2.24, 2.45) is 5.92 Å². The minimum atomic E-state index is -0.736. The number of rotatable bonds is 5. The molecule has 1 N–H and O–H groups in total. The van der Waals surface area contributed by atoms with Gasteiger partial charge < -0.3 is 5.11 Å². The molecular weight excluding hydrogens is 369 g/mol. The van der Waals surface area contributed by atoms with Gasteiger partial charge in [0.1, 0.15) is 5.82 Å². The van der Waals surface area contributed by atoms with Crippen LogP contribution in [-0.4, -0.2) is 38.3 Å². The highest BCUT2D eigenvalue weighted by Gasteiger charge is 2.30. The second kappa shape index (κ2) is 8.17. The van der Waals surface area contributed by atoms with Gasteiger partial charge in [0.25, 0.3) is 0 Å². The average molecular weight is 393 g/mol. The van der Waals surface area contributed by atoms with Crippen LogP contribution in [0.15, 0.2) is 60.8 Å². The molecule has 0 saturated carbocycles. The van der Waals surface area contributed by atoms with E-state index in [0.29, 0.717) is 25.6 Å². The first-order chi connectivity index (χ1) is 14.0. The van der Waals surface area contributed by atoms with E-state index in [2.05, 4.69) is 11.8 Å². The number of nitrogens with zero attached hydrogens (tertiary/aromatic N) is 3. The van der Waals surface area contributed by atoms with Crippen molar-refractivity contribution in [3.8, 4) is 16.9 Å². The molecule has 3 aromatic rings. The fraction of sp³-hybridized carbons (Fsp3) is 0.304. The van der Waals surface area contributed by atoms with E-state index in [1.807, 2.05) is 41.2 Å². The third-order valence-electron chi connectivity index (χ3n) is 5.66. The lowest BCUT2D eigenvalue weighted by Gasteiger charge is -2.36. The zero-order chi connectivity index (χ0) is 20.4. The summed E-state index contributed by atoms with van der Waals surface area (Å²) >= 11 is 0. The standard InChI is InChI=1S/C23H24FN3O2/c1-16-7-8-18(23(28)29)13-26(16)14-19-15-27(21-5-3-2-4-6-21)25-22(19)17-9-11-20(24)12-10-17/h2-6,9-12,15-16,18H,7-8,13-14H2,1H3,(H,28,29). The van der Waals surface area contributed by atoms with Crippen LogP contribution in [0.4, 0.5) is 4.39 Å². The van der Waals surface area contributed by atoms with E-state index >= 15 is 0 Å². The molecule has 29 heavy (non-hydrogen) atoms. The molecule has 2 aromatic carbocycles. The smallest absolute Gasteiger partial charge is 0.307 e. The topological polar surface area (TPSA) is 58.4 Å². The molecule has 0 aliphatic carbocycles. The van der Waals surface area contributed by atoms with E-state index in [0.717, 1.165) is 28.9 Å². The van der Waals surface area contributed by atoms with Gasteiger partial charge in [-0.25, -0.2) is 9.07 Å². The van der Waals surface area contributed by atoms with Gasteiger partial charge in [-0.2, -0.15) is 5.10 Å². The zero-order valence-electron chi connectivity index (χ0n) is 16.3. The van der Waals surface area contributed by atoms with Crippen LogP contribution in [0.5, 0.6) is 0 Å². The Morgan fingerprint density at radius 2 is 1.86 bits per heavy atom. The van der Waals surface area contributed by atoms with Gasteiger partial charge in [-0.1, -0.05) is 18.2 Å². The normalized spacial score (nSPS) is 19.9. The quantitative estimate of drug-likeness (QED) is 0.700. The van der Waals surface area contributed by atoms with Gasteiger partial charge in [0, 0.05) is 36.5 Å². The molecular formula is C23H24FN3O2. The monoisotopic (exact) mass is 393 g/mol. The maximum atomic E-state index is 13.4. The van der Waals surface area contributed by atoms with E-state index in [9.17, 15) is 14.3 Å². The van der Waals surface area contributed by atoms with Crippen molar-refractivity contribution in [3.05, 3.63) is 72.2 Å². The van der Waals surface area contributed by atoms with Gasteiger partial charge >= 0.3 is 5.97 Å². The highest BCUT2D eigenvalue weighted by molar-refractivity contribution is 5.70. The van der Waals surface area contributed by atoms with Crippen LogP contribution in [0.25, 0.3) is 16.9 Å². The number of piperidine rings is 1. The van der Waals surface area contributed by atoms with Crippen LogP contribution >= 0.6 is 0 Å². The van der Waals surface area contributed by atoms with Gasteiger partial charge in [0.2, 0.25) is 0 Å². The van der Waals surface area contributed by atoms with Crippen molar-refractivity contribution in [3.63, 3.8) is 0 Å². The lowest BCUT2D eigenvalue weighted by Crippen LogP contribution is -2.43. The predicted octanol–water partition coefficient (Wildman–Crippen LogP) is 4.36. The number of aromatic nitrogens is 2. The molecule has 0 radical (unpaired) electrons. The van der Waals surface area contributed by atoms with Crippen LogP contribution in [0, 0.1) is 11.7 Å². The molecule has 1 aliphatic heterocycles. The molecule has 2 unspecified atom stereocenters. The van der Waals surface area contributed by atoms with Crippen LogP contribution in [0.2, 0.25) is 0 Å². The number of para-hydroxylation sites is 1. The Bertz CT molecular complexity index is 985. The van der Waals surface area contributed by atoms with Gasteiger partial charge in [-0.05, 0) is 56.2 Å². The number of benzene rings is 2. The second-order valence-electron chi connectivity index (χ2n) is 7.68. The minimum Gasteiger partial charge on any atom is -0.481 e. The Hall–Kier alpha value is -2.99. The molecule has 1 fully saturated rings. The van der Waals surface area contributed by atoms with Crippen LogP contribution in [-0.2, 0) is 11.3 Å². The van der Waals surface area contributed by atoms with Crippen molar-refractivity contribution >= 4 is 5.97 Å². The maximum absolute atomic E-state index is 13.4. The molecule has 6 heteroatoms. The molecule has 0 amide bonds. The zero-order valence-corrected chi connectivity index (χ0v) is 16.3. The summed E-state index contributed by atoms with van der Waals surface area (Å²) in [5.74, 6) is -1.36. The predicted molar refractivity (Wildman–Crippen MR) is 109 cm³/mol. The summed E-state index contributed by atoms with van der Waals surface area (Å²) < 4.78 is 15.3. The second-order valence-corrected chi connectivity index (χ2v) is 7.68. The summed E-state index contributed by atoms with van der Waals surface area (Å²) in [5, 5.41) is 14.2. The molecule has 2 heterocycles. The number of likely N-dealkylation sites (tertiary alicyclic amines) is 1. The van der Waals surface area contributed by atoms with Crippen LogP contribution in [0.1, 0.15) is 25.3 Å². The summed E-state index contributed by atoms with van der Waals surface area (Å²) in [5.41, 5.74) is 3.57. The van der Waals surface area contributed by atoms with Crippen LogP contribution in [0.3, 0.4) is 0 Å². The number of hydrogen-bond acceptors (Lipinski definition) is 3. The van der Waals surface area contributed by atoms with Crippen molar-refractivity contribution in [2.45, 2.75) is 32.4 Å². The van der Waals surface area contributed by atoms with Crippen molar-refractivity contribution in [1.29, 1.82) is 0 Å². The third-order valence-corrected chi connectivity index (χ3v) is 5.66. The highest BCUT2D eigenvalue weighted by Crippen LogP contribution is 2.29. The molecule has 4 rings (SSSR count). The summed E-state index contributed by atoms with van der Waals surface area (Å²) in [6.45, 7) is 3.26. The van der Waals surface area contributed by atoms with Gasteiger partial charge in [0.05, 0.1) is 17.3 Å². The van der Waals surface area contributed by atoms with E-state index in [1.165, 1.54) is 12.1 Å². The first-order valence-electron chi connectivity index (χ1n) is 9.88. The molecule has 1 saturated heterocycles. The third kappa shape index (κ3) is 4.22. The number of carboxylic acid groups (broad SMARTS) is 1. The van der Waals surface area contributed by atoms with E-state index < -0.39 is 5.97 Å². The maximum Gasteiger partial charge on any atom is 0.307 e. The molecule has 0 bridgehead atoms. The average Bonchev–Trinajstić information content (AvgIpc) is 3.14. The van der Waals surface area contributed by atoms with E-state index in [1.54, 1.807) is 12.1 Å². The highest BCUT2D eigenvalue weighted by atomic mass is 19.1. The van der Waals surface area contributed by atoms with Gasteiger partial charge in [0.15, 0.2) is 0 Å². The Labute approximate surface area is 169 Å². The SMILES string of the molecule is CC1CCC(C(=O)O)CN1Cc1cn(-c2ccccc2)nc1-c1ccc(F)cc1. The van der Waals surface area contributed by atoms with Crippen molar-refractivity contribution in [1.82, 2.24) is 14.7 Å². The Balaban J connectivity index is 1.70. The Morgan fingerprint density at radius 3 is 2.55 bits per heavy atom. The molecule has 0 spiro atoms. The number of carbonyl (C=O) groups is 1. The summed E-state index contributed by atoms with van der Waals surface area (Å²) in [6, 6.07) is 16.5. The fourth-order valence-corrected chi connectivity index (χ4v) is 3.91. The molecule has 1 aromatic heterocycles. The van der Waals surface area contributed by atoms with E-state index in [4.69, 9.17) is 5.10 Å². The largest absolute Gasteiger partial charge is 0.481 e. The van der Waals surface area contributed by atoms with E-state index in [-0.39, 0.29) is 11.7 Å². The minimum absolute atomic E-state index is 0.285. The Morgan fingerprint density at radius 1 is 1.14 bits per heavy atom. The van der Waals surface area contributed by atoms with Crippen molar-refractivity contribution in [2.75, 3.05) is 6.54 Å². The first kappa shape index (κ1) is 19.3. The first-order valence-corrected chi connectivity index (χ1v) is 9.88. The molecule has 150 valence electrons. The number of carboxylic acids is 1. The number of hydrogen-bond donors (Lipinski definition) is 1. The van der Waals surface area contributed by atoms with Crippen LogP contribution < -0.4 is 0 Å². The molecule has 5 nitrogen and oxygen atoms in total. The summed E-state index contributed by atoms with van der Waals surface area (Å²) in [6.07, 6.45) is 3.56. The lowest BCUT2D eigenvalue weighted by atomic mass is 9.93. The fourth-order valence-electron chi connectivity index (χ4n) is 3.91.